The van der Waals surface area contributed by atoms with Crippen LogP contribution >= 0.6 is 0 Å². The molecule has 1 spiro atoms. The van der Waals surface area contributed by atoms with Crippen LogP contribution in [-0.4, -0.2) is 30.2 Å². The summed E-state index contributed by atoms with van der Waals surface area (Å²) in [5, 5.41) is 0. The van der Waals surface area contributed by atoms with Crippen LogP contribution in [0.3, 0.4) is 0 Å². The summed E-state index contributed by atoms with van der Waals surface area (Å²) < 4.78 is 0. The summed E-state index contributed by atoms with van der Waals surface area (Å²) in [6, 6.07) is 0. The molecule has 1 aliphatic carbocycles. The fourth-order valence-electron chi connectivity index (χ4n) is 3.23. The summed E-state index contributed by atoms with van der Waals surface area (Å²) >= 11 is 0. The van der Waals surface area contributed by atoms with E-state index in [1.165, 1.54) is 44.9 Å². The maximum atomic E-state index is 11.8. The van der Waals surface area contributed by atoms with Gasteiger partial charge in [-0.05, 0) is 18.3 Å². The Balaban J connectivity index is 2.01. The lowest BCUT2D eigenvalue weighted by Crippen LogP contribution is -2.30. The second kappa shape index (κ2) is 4.98. The van der Waals surface area contributed by atoms with E-state index in [0.29, 0.717) is 13.0 Å². The van der Waals surface area contributed by atoms with Crippen LogP contribution in [0.15, 0.2) is 0 Å². The molecule has 2 fully saturated rings. The molecule has 90 valence electrons. The maximum absolute atomic E-state index is 11.8. The summed E-state index contributed by atoms with van der Waals surface area (Å²) in [5.41, 5.74) is 0.209. The number of rotatable bonds is 2. The maximum Gasteiger partial charge on any atom is 0.223 e. The van der Waals surface area contributed by atoms with Crippen LogP contribution in [0.1, 0.15) is 51.4 Å². The molecular weight excluding hydrogens is 202 g/mol. The highest BCUT2D eigenvalue weighted by Crippen LogP contribution is 2.42. The van der Waals surface area contributed by atoms with Gasteiger partial charge in [-0.15, -0.1) is 0 Å². The van der Waals surface area contributed by atoms with Gasteiger partial charge in [0.2, 0.25) is 5.91 Å². The predicted octanol–water partition coefficient (Wildman–Crippen LogP) is 2.15. The van der Waals surface area contributed by atoms with Crippen molar-refractivity contribution in [1.82, 2.24) is 4.90 Å². The van der Waals surface area contributed by atoms with Crippen LogP contribution in [0.2, 0.25) is 0 Å². The van der Waals surface area contributed by atoms with Crippen molar-refractivity contribution in [3.63, 3.8) is 0 Å². The van der Waals surface area contributed by atoms with Gasteiger partial charge in [-0.2, -0.15) is 0 Å². The monoisotopic (exact) mass is 223 g/mol. The van der Waals surface area contributed by atoms with Gasteiger partial charge in [0.25, 0.3) is 0 Å². The van der Waals surface area contributed by atoms with Crippen LogP contribution in [0.25, 0.3) is 0 Å². The molecule has 2 aliphatic rings. The number of aldehydes is 1. The predicted molar refractivity (Wildman–Crippen MR) is 62.0 cm³/mol. The Morgan fingerprint density at radius 3 is 2.38 bits per heavy atom. The minimum Gasteiger partial charge on any atom is -0.335 e. The first-order valence-corrected chi connectivity index (χ1v) is 6.47. The van der Waals surface area contributed by atoms with Gasteiger partial charge in [0.05, 0.1) is 6.54 Å². The molecule has 0 aromatic carbocycles. The van der Waals surface area contributed by atoms with Gasteiger partial charge in [-0.1, -0.05) is 32.1 Å². The average Bonchev–Trinajstić information content (AvgIpc) is 2.52. The molecular formula is C13H21NO2. The van der Waals surface area contributed by atoms with Gasteiger partial charge in [0, 0.05) is 13.0 Å². The molecule has 0 bridgehead atoms. The molecule has 3 nitrogen and oxygen atoms in total. The lowest BCUT2D eigenvalue weighted by molar-refractivity contribution is -0.129. The SMILES string of the molecule is O=CCN1CC2(CCCCCCC2)CC1=O. The van der Waals surface area contributed by atoms with Crippen molar-refractivity contribution in [2.75, 3.05) is 13.1 Å². The summed E-state index contributed by atoms with van der Waals surface area (Å²) in [5.74, 6) is 0.188. The fourth-order valence-corrected chi connectivity index (χ4v) is 3.23. The third-order valence-corrected chi connectivity index (χ3v) is 4.11. The summed E-state index contributed by atoms with van der Waals surface area (Å²) in [4.78, 5) is 24.1. The molecule has 1 saturated heterocycles. The minimum atomic E-state index is 0.188. The summed E-state index contributed by atoms with van der Waals surface area (Å²) in [7, 11) is 0. The van der Waals surface area contributed by atoms with Crippen molar-refractivity contribution in [3.8, 4) is 0 Å². The highest BCUT2D eigenvalue weighted by molar-refractivity contribution is 5.81. The first-order valence-electron chi connectivity index (χ1n) is 6.47. The van der Waals surface area contributed by atoms with E-state index < -0.39 is 0 Å². The normalized spacial score (nSPS) is 25.5. The highest BCUT2D eigenvalue weighted by Gasteiger charge is 2.42. The topological polar surface area (TPSA) is 37.4 Å². The summed E-state index contributed by atoms with van der Waals surface area (Å²) in [6.07, 6.45) is 10.3. The highest BCUT2D eigenvalue weighted by atomic mass is 16.2. The van der Waals surface area contributed by atoms with E-state index in [-0.39, 0.29) is 11.3 Å². The first-order chi connectivity index (χ1) is 7.76. The third-order valence-electron chi connectivity index (χ3n) is 4.11. The second-order valence-electron chi connectivity index (χ2n) is 5.39. The van der Waals surface area contributed by atoms with E-state index >= 15 is 0 Å². The van der Waals surface area contributed by atoms with Crippen molar-refractivity contribution in [2.45, 2.75) is 51.4 Å². The van der Waals surface area contributed by atoms with Gasteiger partial charge in [-0.3, -0.25) is 4.79 Å². The number of carbonyl (C=O) groups excluding carboxylic acids is 2. The lowest BCUT2D eigenvalue weighted by Gasteiger charge is -2.30. The smallest absolute Gasteiger partial charge is 0.223 e. The zero-order valence-electron chi connectivity index (χ0n) is 9.91. The molecule has 1 saturated carbocycles. The Kier molecular flexibility index (Phi) is 3.62. The van der Waals surface area contributed by atoms with Crippen LogP contribution in [-0.2, 0) is 9.59 Å². The third kappa shape index (κ3) is 2.45. The number of nitrogens with zero attached hydrogens (tertiary/aromatic N) is 1. The Morgan fingerprint density at radius 1 is 1.12 bits per heavy atom. The van der Waals surface area contributed by atoms with Crippen molar-refractivity contribution in [2.24, 2.45) is 5.41 Å². The average molecular weight is 223 g/mol. The molecule has 16 heavy (non-hydrogen) atoms. The van der Waals surface area contributed by atoms with Gasteiger partial charge in [-0.25, -0.2) is 0 Å². The van der Waals surface area contributed by atoms with Gasteiger partial charge >= 0.3 is 0 Å². The number of hydrogen-bond acceptors (Lipinski definition) is 2. The Bertz CT molecular complexity index is 267. The number of hydrogen-bond donors (Lipinski definition) is 0. The first kappa shape index (κ1) is 11.6. The largest absolute Gasteiger partial charge is 0.335 e. The van der Waals surface area contributed by atoms with Crippen LogP contribution in [0.4, 0.5) is 0 Å². The number of carbonyl (C=O) groups is 2. The van der Waals surface area contributed by atoms with E-state index in [4.69, 9.17) is 0 Å². The lowest BCUT2D eigenvalue weighted by atomic mass is 9.75. The van der Waals surface area contributed by atoms with E-state index in [0.717, 1.165) is 12.8 Å². The Morgan fingerprint density at radius 2 is 1.75 bits per heavy atom. The number of amides is 1. The van der Waals surface area contributed by atoms with Crippen molar-refractivity contribution in [1.29, 1.82) is 0 Å². The van der Waals surface area contributed by atoms with Crippen molar-refractivity contribution in [3.05, 3.63) is 0 Å². The second-order valence-corrected chi connectivity index (χ2v) is 5.39. The molecule has 1 amide bonds. The molecule has 0 radical (unpaired) electrons. The van der Waals surface area contributed by atoms with Gasteiger partial charge in [0.15, 0.2) is 0 Å². The van der Waals surface area contributed by atoms with Gasteiger partial charge < -0.3 is 9.69 Å². The van der Waals surface area contributed by atoms with E-state index in [1.807, 2.05) is 0 Å². The standard InChI is InChI=1S/C13H21NO2/c15-9-8-14-11-13(10-12(14)16)6-4-2-1-3-5-7-13/h9H,1-8,10-11H2. The van der Waals surface area contributed by atoms with Gasteiger partial charge in [0.1, 0.15) is 6.29 Å². The molecule has 3 heteroatoms. The fraction of sp³-hybridized carbons (Fsp3) is 0.846. The molecule has 1 heterocycles. The zero-order chi connectivity index (χ0) is 11.4. The quantitative estimate of drug-likeness (QED) is 0.673. The van der Waals surface area contributed by atoms with Crippen molar-refractivity contribution < 1.29 is 9.59 Å². The van der Waals surface area contributed by atoms with E-state index in [2.05, 4.69) is 0 Å². The molecule has 0 unspecified atom stereocenters. The summed E-state index contributed by atoms with van der Waals surface area (Å²) in [6.45, 7) is 1.12. The Labute approximate surface area is 97.2 Å². The molecule has 2 rings (SSSR count). The Hall–Kier alpha value is -0.860. The van der Waals surface area contributed by atoms with Crippen LogP contribution in [0, 0.1) is 5.41 Å². The molecule has 0 aromatic rings. The van der Waals surface area contributed by atoms with Crippen LogP contribution < -0.4 is 0 Å². The zero-order valence-corrected chi connectivity index (χ0v) is 9.91. The van der Waals surface area contributed by atoms with E-state index in [9.17, 15) is 9.59 Å². The van der Waals surface area contributed by atoms with Crippen molar-refractivity contribution >= 4 is 12.2 Å². The van der Waals surface area contributed by atoms with E-state index in [1.54, 1.807) is 4.90 Å². The number of likely N-dealkylation sites (tertiary alicyclic amines) is 1. The molecule has 0 aromatic heterocycles. The minimum absolute atomic E-state index is 0.188. The molecule has 0 atom stereocenters. The van der Waals surface area contributed by atoms with Crippen LogP contribution in [0.5, 0.6) is 0 Å². The molecule has 1 aliphatic heterocycles. The molecule has 0 N–H and O–H groups in total.